The zero-order valence-corrected chi connectivity index (χ0v) is 10.0. The summed E-state index contributed by atoms with van der Waals surface area (Å²) in [4.78, 5) is 0. The Morgan fingerprint density at radius 3 is 3.07 bits per heavy atom. The van der Waals surface area contributed by atoms with Crippen molar-refractivity contribution in [2.75, 3.05) is 19.7 Å². The minimum absolute atomic E-state index is 0.884. The average molecular weight is 209 g/mol. The Morgan fingerprint density at radius 2 is 2.40 bits per heavy atom. The van der Waals surface area contributed by atoms with E-state index in [1.807, 2.05) is 6.26 Å². The molecule has 0 spiro atoms. The second-order valence-electron chi connectivity index (χ2n) is 4.04. The summed E-state index contributed by atoms with van der Waals surface area (Å²) in [5.41, 5.74) is 2.75. The van der Waals surface area contributed by atoms with E-state index in [-0.39, 0.29) is 0 Å². The summed E-state index contributed by atoms with van der Waals surface area (Å²) < 4.78 is 5.33. The van der Waals surface area contributed by atoms with E-state index in [0.717, 1.165) is 32.5 Å². The molecule has 1 N–H and O–H groups in total. The Kier molecular flexibility index (Phi) is 6.17. The first-order valence-electron chi connectivity index (χ1n) is 6.03. The van der Waals surface area contributed by atoms with Gasteiger partial charge in [0.15, 0.2) is 0 Å². The van der Waals surface area contributed by atoms with Crippen molar-refractivity contribution in [3.63, 3.8) is 0 Å². The van der Waals surface area contributed by atoms with E-state index in [1.165, 1.54) is 24.0 Å². The van der Waals surface area contributed by atoms with Crippen molar-refractivity contribution in [3.05, 3.63) is 23.5 Å². The summed E-state index contributed by atoms with van der Waals surface area (Å²) in [5, 5.41) is 3.40. The summed E-state index contributed by atoms with van der Waals surface area (Å²) in [6.45, 7) is 7.46. The minimum atomic E-state index is 0.884. The molecule has 0 atom stereocenters. The molecule has 86 valence electrons. The standard InChI is InChI=1S/C13H23NO/c1-3-8-14-9-4-6-12(2)13-7-5-10-15-11-13/h6,11,14H,3-5,7-10H2,1-2H3/b12-6-. The molecule has 2 nitrogen and oxygen atoms in total. The van der Waals surface area contributed by atoms with E-state index < -0.39 is 0 Å². The summed E-state index contributed by atoms with van der Waals surface area (Å²) in [6, 6.07) is 0. The Hall–Kier alpha value is -0.760. The maximum Gasteiger partial charge on any atom is 0.0876 e. The van der Waals surface area contributed by atoms with E-state index >= 15 is 0 Å². The number of hydrogen-bond acceptors (Lipinski definition) is 2. The molecule has 0 aromatic rings. The predicted molar refractivity (Wildman–Crippen MR) is 64.8 cm³/mol. The number of allylic oxidation sites excluding steroid dienone is 2. The van der Waals surface area contributed by atoms with Gasteiger partial charge in [0.1, 0.15) is 0 Å². The van der Waals surface area contributed by atoms with Gasteiger partial charge in [-0.1, -0.05) is 13.0 Å². The van der Waals surface area contributed by atoms with Crippen molar-refractivity contribution in [1.29, 1.82) is 0 Å². The fourth-order valence-corrected chi connectivity index (χ4v) is 1.68. The van der Waals surface area contributed by atoms with Crippen molar-refractivity contribution in [1.82, 2.24) is 5.32 Å². The van der Waals surface area contributed by atoms with Gasteiger partial charge in [-0.05, 0) is 56.8 Å². The van der Waals surface area contributed by atoms with Crippen LogP contribution in [0.4, 0.5) is 0 Å². The highest BCUT2D eigenvalue weighted by molar-refractivity contribution is 5.28. The molecule has 0 aromatic heterocycles. The van der Waals surface area contributed by atoms with Crippen molar-refractivity contribution in [2.45, 2.75) is 39.5 Å². The second kappa shape index (κ2) is 7.52. The van der Waals surface area contributed by atoms with Crippen molar-refractivity contribution in [3.8, 4) is 0 Å². The molecular weight excluding hydrogens is 186 g/mol. The molecule has 2 heteroatoms. The lowest BCUT2D eigenvalue weighted by atomic mass is 10.0. The Morgan fingerprint density at radius 1 is 1.53 bits per heavy atom. The molecule has 1 rings (SSSR count). The molecule has 0 saturated heterocycles. The Bertz CT molecular complexity index is 231. The third kappa shape index (κ3) is 5.03. The summed E-state index contributed by atoms with van der Waals surface area (Å²) in [5.74, 6) is 0. The minimum Gasteiger partial charge on any atom is -0.501 e. The van der Waals surface area contributed by atoms with Crippen LogP contribution in [0.1, 0.15) is 39.5 Å². The summed E-state index contributed by atoms with van der Waals surface area (Å²) in [7, 11) is 0. The van der Waals surface area contributed by atoms with Gasteiger partial charge in [0.05, 0.1) is 12.9 Å². The van der Waals surface area contributed by atoms with Gasteiger partial charge in [-0.2, -0.15) is 0 Å². The van der Waals surface area contributed by atoms with E-state index in [1.54, 1.807) is 0 Å². The Balaban J connectivity index is 2.22. The normalized spacial score (nSPS) is 17.2. The van der Waals surface area contributed by atoms with Gasteiger partial charge in [-0.3, -0.25) is 0 Å². The van der Waals surface area contributed by atoms with Gasteiger partial charge in [0.25, 0.3) is 0 Å². The number of hydrogen-bond donors (Lipinski definition) is 1. The molecule has 0 amide bonds. The van der Waals surface area contributed by atoms with Crippen LogP contribution < -0.4 is 5.32 Å². The van der Waals surface area contributed by atoms with E-state index in [9.17, 15) is 0 Å². The quantitative estimate of drug-likeness (QED) is 0.679. The van der Waals surface area contributed by atoms with Crippen LogP contribution in [0.2, 0.25) is 0 Å². The average Bonchev–Trinajstić information content (AvgIpc) is 2.30. The first-order chi connectivity index (χ1) is 7.34. The van der Waals surface area contributed by atoms with Crippen LogP contribution in [-0.2, 0) is 4.74 Å². The third-order valence-corrected chi connectivity index (χ3v) is 2.64. The highest BCUT2D eigenvalue weighted by Gasteiger charge is 2.05. The molecule has 0 fully saturated rings. The molecule has 15 heavy (non-hydrogen) atoms. The van der Waals surface area contributed by atoms with Crippen LogP contribution in [0.5, 0.6) is 0 Å². The summed E-state index contributed by atoms with van der Waals surface area (Å²) in [6.07, 6.45) is 8.89. The van der Waals surface area contributed by atoms with Crippen molar-refractivity contribution < 1.29 is 4.74 Å². The Labute approximate surface area is 93.4 Å². The van der Waals surface area contributed by atoms with Gasteiger partial charge in [-0.15, -0.1) is 0 Å². The SMILES string of the molecule is CCCNCC/C=C(/C)C1=COCCC1. The molecule has 0 saturated carbocycles. The lowest BCUT2D eigenvalue weighted by Gasteiger charge is -2.14. The number of nitrogens with one attached hydrogen (secondary N) is 1. The molecular formula is C13H23NO. The van der Waals surface area contributed by atoms with Crippen molar-refractivity contribution >= 4 is 0 Å². The predicted octanol–water partition coefficient (Wildman–Crippen LogP) is 3.02. The molecule has 1 aliphatic rings. The third-order valence-electron chi connectivity index (χ3n) is 2.64. The number of ether oxygens (including phenoxy) is 1. The lowest BCUT2D eigenvalue weighted by Crippen LogP contribution is -2.15. The second-order valence-corrected chi connectivity index (χ2v) is 4.04. The van der Waals surface area contributed by atoms with Gasteiger partial charge >= 0.3 is 0 Å². The smallest absolute Gasteiger partial charge is 0.0876 e. The highest BCUT2D eigenvalue weighted by atomic mass is 16.5. The fraction of sp³-hybridized carbons (Fsp3) is 0.692. The molecule has 0 radical (unpaired) electrons. The van der Waals surface area contributed by atoms with Crippen LogP contribution in [0.3, 0.4) is 0 Å². The first-order valence-corrected chi connectivity index (χ1v) is 6.03. The van der Waals surface area contributed by atoms with Crippen LogP contribution in [0.15, 0.2) is 23.5 Å². The van der Waals surface area contributed by atoms with Crippen LogP contribution >= 0.6 is 0 Å². The highest BCUT2D eigenvalue weighted by Crippen LogP contribution is 2.19. The zero-order chi connectivity index (χ0) is 10.9. The van der Waals surface area contributed by atoms with Crippen LogP contribution in [0.25, 0.3) is 0 Å². The first kappa shape index (κ1) is 12.3. The molecule has 0 unspecified atom stereocenters. The van der Waals surface area contributed by atoms with Crippen molar-refractivity contribution in [2.24, 2.45) is 0 Å². The van der Waals surface area contributed by atoms with E-state index in [0.29, 0.717) is 0 Å². The van der Waals surface area contributed by atoms with E-state index in [2.05, 4.69) is 25.2 Å². The maximum absolute atomic E-state index is 5.33. The lowest BCUT2D eigenvalue weighted by molar-refractivity contribution is 0.226. The number of rotatable bonds is 6. The topological polar surface area (TPSA) is 21.3 Å². The molecule has 1 aliphatic heterocycles. The molecule has 0 aromatic carbocycles. The van der Waals surface area contributed by atoms with Crippen LogP contribution in [-0.4, -0.2) is 19.7 Å². The van der Waals surface area contributed by atoms with E-state index in [4.69, 9.17) is 4.74 Å². The monoisotopic (exact) mass is 209 g/mol. The van der Waals surface area contributed by atoms with Crippen LogP contribution in [0, 0.1) is 0 Å². The molecule has 0 bridgehead atoms. The van der Waals surface area contributed by atoms with Gasteiger partial charge < -0.3 is 10.1 Å². The zero-order valence-electron chi connectivity index (χ0n) is 10.0. The van der Waals surface area contributed by atoms with Gasteiger partial charge in [0, 0.05) is 0 Å². The van der Waals surface area contributed by atoms with Gasteiger partial charge in [0.2, 0.25) is 0 Å². The fourth-order valence-electron chi connectivity index (χ4n) is 1.68. The van der Waals surface area contributed by atoms with Gasteiger partial charge in [-0.25, -0.2) is 0 Å². The molecule has 1 heterocycles. The summed E-state index contributed by atoms with van der Waals surface area (Å²) >= 11 is 0. The largest absolute Gasteiger partial charge is 0.501 e. The maximum atomic E-state index is 5.33. The molecule has 0 aliphatic carbocycles.